The first kappa shape index (κ1) is 58.7. The molecule has 8 aliphatic carbocycles. The molecule has 8 aliphatic rings. The predicted molar refractivity (Wildman–Crippen MR) is 282 cm³/mol. The van der Waals surface area contributed by atoms with E-state index in [9.17, 15) is 48.6 Å². The molecule has 8 rings (SSSR count). The standard InChI is InChI=1S/2C28H36BrClO7/c2*1-6-23(34)36-14-22(33)28(37-24(35)7-2)15(3)10-18-17-9-8-16-11-20(31)19(29)12-25(16,4)27(17,30)21(32)13-26(18,28)5/h2*11-12,15,17-18,21,32H,6-10,13-14H2,1-5H3/t2*15-,17-,18-,21-,25-,26-,27-,28-/m00/s1. The largest absolute Gasteiger partial charge is 0.457 e. The summed E-state index contributed by atoms with van der Waals surface area (Å²) in [5.74, 6) is -4.70. The van der Waals surface area contributed by atoms with Gasteiger partial charge < -0.3 is 29.2 Å². The first-order valence-corrected chi connectivity index (χ1v) is 28.6. The maximum Gasteiger partial charge on any atom is 0.306 e. The highest BCUT2D eigenvalue weighted by Crippen LogP contribution is 2.74. The van der Waals surface area contributed by atoms with Gasteiger partial charge in [0, 0.05) is 59.2 Å². The minimum Gasteiger partial charge on any atom is -0.457 e. The van der Waals surface area contributed by atoms with E-state index in [0.717, 1.165) is 11.1 Å². The molecule has 0 saturated heterocycles. The normalized spacial score (nSPS) is 42.5. The Morgan fingerprint density at radius 3 is 1.22 bits per heavy atom. The van der Waals surface area contributed by atoms with Crippen molar-refractivity contribution >= 4 is 102 Å². The minimum absolute atomic E-state index is 0.0851. The van der Waals surface area contributed by atoms with Gasteiger partial charge in [0.15, 0.2) is 36.0 Å². The van der Waals surface area contributed by atoms with Crippen LogP contribution in [0.4, 0.5) is 0 Å². The second-order valence-corrected chi connectivity index (χ2v) is 26.0. The molecule has 0 aromatic rings. The number of fused-ring (bicyclic) bond motifs is 10. The van der Waals surface area contributed by atoms with Crippen molar-refractivity contribution in [2.24, 2.45) is 57.2 Å². The predicted octanol–water partition coefficient (Wildman–Crippen LogP) is 9.62. The third-order valence-electron chi connectivity index (χ3n) is 19.7. The number of esters is 4. The number of allylic oxidation sites excluding steroid dienone is 8. The van der Waals surface area contributed by atoms with Gasteiger partial charge in [-0.15, -0.1) is 23.2 Å². The van der Waals surface area contributed by atoms with Crippen molar-refractivity contribution in [1.29, 1.82) is 0 Å². The van der Waals surface area contributed by atoms with Crippen LogP contribution in [0.1, 0.15) is 146 Å². The van der Waals surface area contributed by atoms with Crippen LogP contribution in [0.5, 0.6) is 0 Å². The molecule has 0 amide bonds. The Kier molecular flexibility index (Phi) is 16.4. The molecule has 14 nitrogen and oxygen atoms in total. The SMILES string of the molecule is CCC(=O)OCC(=O)[C@@]1(OC(=O)CC)[C@@H](C)C[C@H]2[C@@H]3CCC4=CC(=O)C(Br)=C[C@]4(C)[C@@]3(Cl)[C@@H](O)C[C@@]21C.CCC(=O)OCC(=O)[C@@]1(OC(=O)CC)[C@@H](C)C[C@H]2[C@@H]3CCC4=CC(=O)C(Br)=C[C@]4(C)[C@@]3(Cl)[C@@H](O)C[C@@]21C. The summed E-state index contributed by atoms with van der Waals surface area (Å²) in [6.45, 7) is 17.2. The van der Waals surface area contributed by atoms with Crippen molar-refractivity contribution in [3.05, 3.63) is 44.4 Å². The molecular formula is C56H72Br2Cl2O14. The van der Waals surface area contributed by atoms with Gasteiger partial charge in [0.25, 0.3) is 0 Å². The quantitative estimate of drug-likeness (QED) is 0.106. The zero-order chi connectivity index (χ0) is 55.1. The number of Topliss-reactive ketones (excluding diaryl/α,β-unsaturated/α-hetero) is 2. The van der Waals surface area contributed by atoms with Crippen molar-refractivity contribution < 1.29 is 67.5 Å². The van der Waals surface area contributed by atoms with E-state index in [1.807, 2.05) is 53.7 Å². The summed E-state index contributed by atoms with van der Waals surface area (Å²) in [5.41, 5.74) is -4.75. The summed E-state index contributed by atoms with van der Waals surface area (Å²) in [6.07, 6.45) is 9.10. The summed E-state index contributed by atoms with van der Waals surface area (Å²) in [4.78, 5) is 99.6. The Balaban J connectivity index is 0.000000216. The van der Waals surface area contributed by atoms with Gasteiger partial charge in [-0.3, -0.25) is 38.4 Å². The first-order valence-electron chi connectivity index (χ1n) is 26.3. The van der Waals surface area contributed by atoms with E-state index in [-0.39, 0.29) is 85.6 Å². The van der Waals surface area contributed by atoms with Crippen LogP contribution in [-0.4, -0.2) is 104 Å². The Morgan fingerprint density at radius 1 is 0.581 bits per heavy atom. The van der Waals surface area contributed by atoms with Crippen LogP contribution in [0, 0.1) is 57.2 Å². The van der Waals surface area contributed by atoms with Gasteiger partial charge in [-0.2, -0.15) is 0 Å². The molecule has 0 aromatic carbocycles. The lowest BCUT2D eigenvalue weighted by Crippen LogP contribution is -2.69. The molecule has 0 heterocycles. The van der Waals surface area contributed by atoms with Crippen LogP contribution in [0.2, 0.25) is 0 Å². The summed E-state index contributed by atoms with van der Waals surface area (Å²) in [6, 6.07) is 0. The second-order valence-electron chi connectivity index (χ2n) is 23.0. The number of aliphatic hydroxyl groups excluding tert-OH is 2. The lowest BCUT2D eigenvalue weighted by atomic mass is 9.45. The topological polar surface area (TPSA) is 214 Å². The lowest BCUT2D eigenvalue weighted by molar-refractivity contribution is -0.203. The highest BCUT2D eigenvalue weighted by molar-refractivity contribution is 9.12. The number of hydrogen-bond acceptors (Lipinski definition) is 14. The molecule has 6 fully saturated rings. The van der Waals surface area contributed by atoms with Gasteiger partial charge in [-0.05, 0) is 119 Å². The van der Waals surface area contributed by atoms with E-state index in [2.05, 4.69) is 31.9 Å². The first-order chi connectivity index (χ1) is 34.4. The van der Waals surface area contributed by atoms with E-state index in [1.54, 1.807) is 39.8 Å². The highest BCUT2D eigenvalue weighted by Gasteiger charge is 2.78. The van der Waals surface area contributed by atoms with Crippen molar-refractivity contribution in [3.8, 4) is 0 Å². The Bertz CT molecular complexity index is 2370. The number of carbonyl (C=O) groups excluding carboxylic acids is 8. The molecule has 408 valence electrons. The third-order valence-corrected chi connectivity index (χ3v) is 22.8. The average Bonchev–Trinajstić information content (AvgIpc) is 3.70. The molecule has 2 N–H and O–H groups in total. The van der Waals surface area contributed by atoms with Gasteiger partial charge in [-0.1, -0.05) is 92.5 Å². The molecule has 74 heavy (non-hydrogen) atoms. The van der Waals surface area contributed by atoms with E-state index in [4.69, 9.17) is 42.1 Å². The number of ketones is 4. The van der Waals surface area contributed by atoms with Gasteiger partial charge in [0.1, 0.15) is 0 Å². The molecule has 0 spiro atoms. The summed E-state index contributed by atoms with van der Waals surface area (Å²) in [7, 11) is 0. The van der Waals surface area contributed by atoms with E-state index < -0.39 is 103 Å². The van der Waals surface area contributed by atoms with Gasteiger partial charge in [0.05, 0.1) is 30.9 Å². The van der Waals surface area contributed by atoms with Crippen molar-refractivity contribution in [3.63, 3.8) is 0 Å². The van der Waals surface area contributed by atoms with Crippen LogP contribution in [0.15, 0.2) is 44.4 Å². The Labute approximate surface area is 461 Å². The van der Waals surface area contributed by atoms with Gasteiger partial charge >= 0.3 is 23.9 Å². The molecule has 18 heteroatoms. The monoisotopic (exact) mass is 1200 g/mol. The molecular weight excluding hydrogens is 1130 g/mol. The van der Waals surface area contributed by atoms with Crippen LogP contribution >= 0.6 is 55.1 Å². The zero-order valence-corrected chi connectivity index (χ0v) is 48.8. The van der Waals surface area contributed by atoms with Crippen LogP contribution in [0.3, 0.4) is 0 Å². The maximum atomic E-state index is 13.9. The number of ether oxygens (including phenoxy) is 4. The number of carbonyl (C=O) groups is 8. The van der Waals surface area contributed by atoms with Crippen molar-refractivity contribution in [2.45, 2.75) is 179 Å². The van der Waals surface area contributed by atoms with Crippen LogP contribution in [-0.2, 0) is 57.3 Å². The van der Waals surface area contributed by atoms with Crippen molar-refractivity contribution in [2.75, 3.05) is 13.2 Å². The molecule has 16 atom stereocenters. The average molecular weight is 1200 g/mol. The van der Waals surface area contributed by atoms with Gasteiger partial charge in [0.2, 0.25) is 11.6 Å². The third kappa shape index (κ3) is 8.39. The van der Waals surface area contributed by atoms with Crippen LogP contribution < -0.4 is 0 Å². The number of hydrogen-bond donors (Lipinski definition) is 2. The molecule has 0 unspecified atom stereocenters. The molecule has 0 bridgehead atoms. The Hall–Kier alpha value is -3.02. The molecule has 0 radical (unpaired) electrons. The van der Waals surface area contributed by atoms with E-state index in [1.165, 1.54) is 0 Å². The fraction of sp³-hybridized carbons (Fsp3) is 0.714. The summed E-state index contributed by atoms with van der Waals surface area (Å²) < 4.78 is 23.4. The molecule has 6 saturated carbocycles. The number of rotatable bonds is 12. The minimum atomic E-state index is -1.56. The summed E-state index contributed by atoms with van der Waals surface area (Å²) >= 11 is 21.8. The van der Waals surface area contributed by atoms with E-state index >= 15 is 0 Å². The van der Waals surface area contributed by atoms with Crippen LogP contribution in [0.25, 0.3) is 0 Å². The Morgan fingerprint density at radius 2 is 0.905 bits per heavy atom. The number of aliphatic hydroxyl groups is 2. The number of halogens is 4. The molecule has 0 aliphatic heterocycles. The highest BCUT2D eigenvalue weighted by atomic mass is 79.9. The number of alkyl halides is 2. The van der Waals surface area contributed by atoms with Crippen molar-refractivity contribution in [1.82, 2.24) is 0 Å². The second kappa shape index (κ2) is 20.7. The smallest absolute Gasteiger partial charge is 0.306 e. The van der Waals surface area contributed by atoms with Gasteiger partial charge in [-0.25, -0.2) is 0 Å². The zero-order valence-electron chi connectivity index (χ0n) is 44.1. The fourth-order valence-electron chi connectivity index (χ4n) is 16.1. The van der Waals surface area contributed by atoms with E-state index in [0.29, 0.717) is 47.5 Å². The maximum absolute atomic E-state index is 13.9. The molecule has 0 aromatic heterocycles. The fourth-order valence-corrected chi connectivity index (χ4v) is 18.3. The lowest BCUT2D eigenvalue weighted by Gasteiger charge is -2.64. The summed E-state index contributed by atoms with van der Waals surface area (Å²) in [5, 5.41) is 23.7.